The Balaban J connectivity index is 0.00000361. The number of halogens is 1. The van der Waals surface area contributed by atoms with Gasteiger partial charge in [-0.25, -0.2) is 0 Å². The molecule has 1 aliphatic rings. The van der Waals surface area contributed by atoms with Gasteiger partial charge < -0.3 is 21.1 Å². The molecule has 0 spiro atoms. The van der Waals surface area contributed by atoms with Crippen LogP contribution in [0, 0.1) is 11.8 Å². The second-order valence-corrected chi connectivity index (χ2v) is 5.47. The molecule has 0 radical (unpaired) electrons. The van der Waals surface area contributed by atoms with Crippen molar-refractivity contribution in [3.8, 4) is 0 Å². The summed E-state index contributed by atoms with van der Waals surface area (Å²) in [4.78, 5) is 23.5. The Hall–Kier alpha value is -0.850. The van der Waals surface area contributed by atoms with Gasteiger partial charge in [-0.1, -0.05) is 13.8 Å². The monoisotopic (exact) mass is 307 g/mol. The highest BCUT2D eigenvalue weighted by Crippen LogP contribution is 2.31. The quantitative estimate of drug-likeness (QED) is 0.590. The molecule has 2 atom stereocenters. The van der Waals surface area contributed by atoms with Gasteiger partial charge >= 0.3 is 0 Å². The van der Waals surface area contributed by atoms with Gasteiger partial charge in [-0.3, -0.25) is 9.59 Å². The molecule has 0 aromatic carbocycles. The summed E-state index contributed by atoms with van der Waals surface area (Å²) in [5.41, 5.74) is 5.93. The van der Waals surface area contributed by atoms with Gasteiger partial charge in [0.1, 0.15) is 12.6 Å². The van der Waals surface area contributed by atoms with Crippen molar-refractivity contribution < 1.29 is 14.3 Å². The molecule has 0 heterocycles. The van der Waals surface area contributed by atoms with Crippen LogP contribution in [0.25, 0.3) is 0 Å². The molecule has 6 nitrogen and oxygen atoms in total. The maximum atomic E-state index is 12.0. The highest BCUT2D eigenvalue weighted by molar-refractivity contribution is 5.88. The number of methoxy groups -OCH3 is 1. The lowest BCUT2D eigenvalue weighted by molar-refractivity contribution is -0.132. The van der Waals surface area contributed by atoms with Crippen LogP contribution >= 0.6 is 12.4 Å². The predicted molar refractivity (Wildman–Crippen MR) is 79.6 cm³/mol. The fraction of sp³-hybridized carbons (Fsp3) is 0.846. The van der Waals surface area contributed by atoms with E-state index in [0.29, 0.717) is 12.5 Å². The van der Waals surface area contributed by atoms with Gasteiger partial charge in [0.05, 0.1) is 0 Å². The van der Waals surface area contributed by atoms with Crippen molar-refractivity contribution in [2.24, 2.45) is 17.6 Å². The van der Waals surface area contributed by atoms with Crippen LogP contribution < -0.4 is 16.4 Å². The molecule has 1 aliphatic carbocycles. The SMILES string of the molecule is COCC(=O)N[C@H](C(=O)NCC(N)C1CC1)C(C)C.Cl. The molecule has 0 bridgehead atoms. The Labute approximate surface area is 126 Å². The second-order valence-electron chi connectivity index (χ2n) is 5.47. The number of ether oxygens (including phenoxy) is 1. The molecule has 1 unspecified atom stereocenters. The summed E-state index contributed by atoms with van der Waals surface area (Å²) < 4.78 is 4.74. The molecule has 4 N–H and O–H groups in total. The Bertz CT molecular complexity index is 322. The molecule has 20 heavy (non-hydrogen) atoms. The highest BCUT2D eigenvalue weighted by Gasteiger charge is 2.30. The van der Waals surface area contributed by atoms with Crippen molar-refractivity contribution in [3.63, 3.8) is 0 Å². The molecular formula is C13H26ClN3O3. The number of carbonyl (C=O) groups excluding carboxylic acids is 2. The summed E-state index contributed by atoms with van der Waals surface area (Å²) in [5, 5.41) is 5.48. The summed E-state index contributed by atoms with van der Waals surface area (Å²) in [6, 6.07) is -0.527. The highest BCUT2D eigenvalue weighted by atomic mass is 35.5. The number of amides is 2. The fourth-order valence-electron chi connectivity index (χ4n) is 1.90. The average molecular weight is 308 g/mol. The van der Waals surface area contributed by atoms with Crippen LogP contribution in [-0.4, -0.2) is 44.2 Å². The summed E-state index contributed by atoms with van der Waals surface area (Å²) in [6.07, 6.45) is 2.30. The Morgan fingerprint density at radius 3 is 2.40 bits per heavy atom. The van der Waals surface area contributed by atoms with E-state index in [-0.39, 0.29) is 42.8 Å². The summed E-state index contributed by atoms with van der Waals surface area (Å²) >= 11 is 0. The van der Waals surface area contributed by atoms with Crippen LogP contribution in [0.2, 0.25) is 0 Å². The third-order valence-corrected chi connectivity index (χ3v) is 3.28. The third kappa shape index (κ3) is 6.54. The zero-order valence-corrected chi connectivity index (χ0v) is 13.2. The molecule has 1 rings (SSSR count). The van der Waals surface area contributed by atoms with E-state index in [1.165, 1.54) is 7.11 Å². The van der Waals surface area contributed by atoms with E-state index in [9.17, 15) is 9.59 Å². The standard InChI is InChI=1S/C13H25N3O3.ClH/c1-8(2)12(16-11(17)7-19-3)13(18)15-6-10(14)9-4-5-9;/h8-10,12H,4-7,14H2,1-3H3,(H,15,18)(H,16,17);1H/t10?,12-;/m0./s1. The molecule has 0 saturated heterocycles. The molecule has 1 saturated carbocycles. The lowest BCUT2D eigenvalue weighted by atomic mass is 10.0. The average Bonchev–Trinajstić information content (AvgIpc) is 3.16. The van der Waals surface area contributed by atoms with Crippen molar-refractivity contribution in [1.82, 2.24) is 10.6 Å². The minimum atomic E-state index is -0.547. The van der Waals surface area contributed by atoms with E-state index < -0.39 is 6.04 Å². The maximum absolute atomic E-state index is 12.0. The van der Waals surface area contributed by atoms with Gasteiger partial charge in [0.15, 0.2) is 0 Å². The summed E-state index contributed by atoms with van der Waals surface area (Å²) in [5.74, 6) is 0.0808. The minimum absolute atomic E-state index is 0. The minimum Gasteiger partial charge on any atom is -0.375 e. The number of hydrogen-bond donors (Lipinski definition) is 3. The van der Waals surface area contributed by atoms with E-state index in [4.69, 9.17) is 10.5 Å². The number of rotatable bonds is 8. The van der Waals surface area contributed by atoms with Gasteiger partial charge in [-0.2, -0.15) is 0 Å². The Kier molecular flexibility index (Phi) is 8.76. The van der Waals surface area contributed by atoms with E-state index in [1.807, 2.05) is 13.8 Å². The first-order valence-electron chi connectivity index (χ1n) is 6.77. The van der Waals surface area contributed by atoms with Crippen LogP contribution in [0.4, 0.5) is 0 Å². The van der Waals surface area contributed by atoms with Crippen LogP contribution in [0.3, 0.4) is 0 Å². The molecule has 0 aromatic rings. The molecule has 0 aliphatic heterocycles. The predicted octanol–water partition coefficient (Wildman–Crippen LogP) is 0.0489. The van der Waals surface area contributed by atoms with Gasteiger partial charge in [0.25, 0.3) is 0 Å². The summed E-state index contributed by atoms with van der Waals surface area (Å²) in [6.45, 7) is 4.20. The smallest absolute Gasteiger partial charge is 0.246 e. The Morgan fingerprint density at radius 1 is 1.35 bits per heavy atom. The normalized spacial score (nSPS) is 17.1. The fourth-order valence-corrected chi connectivity index (χ4v) is 1.90. The third-order valence-electron chi connectivity index (χ3n) is 3.28. The molecule has 2 amide bonds. The molecule has 1 fully saturated rings. The van der Waals surface area contributed by atoms with E-state index in [1.54, 1.807) is 0 Å². The number of carbonyl (C=O) groups is 2. The second kappa shape index (κ2) is 9.15. The van der Waals surface area contributed by atoms with Crippen LogP contribution in [0.5, 0.6) is 0 Å². The number of nitrogens with two attached hydrogens (primary N) is 1. The van der Waals surface area contributed by atoms with Crippen molar-refractivity contribution in [3.05, 3.63) is 0 Å². The van der Waals surface area contributed by atoms with Crippen LogP contribution in [-0.2, 0) is 14.3 Å². The van der Waals surface area contributed by atoms with Gasteiger partial charge in [-0.05, 0) is 24.7 Å². The van der Waals surface area contributed by atoms with Crippen LogP contribution in [0.15, 0.2) is 0 Å². The lowest BCUT2D eigenvalue weighted by Crippen LogP contribution is -2.52. The van der Waals surface area contributed by atoms with Crippen molar-refractivity contribution in [2.75, 3.05) is 20.3 Å². The molecule has 118 valence electrons. The number of hydrogen-bond acceptors (Lipinski definition) is 4. The topological polar surface area (TPSA) is 93.4 Å². The van der Waals surface area contributed by atoms with Crippen molar-refractivity contribution in [2.45, 2.75) is 38.8 Å². The largest absolute Gasteiger partial charge is 0.375 e. The van der Waals surface area contributed by atoms with E-state index in [2.05, 4.69) is 10.6 Å². The van der Waals surface area contributed by atoms with Gasteiger partial charge in [0.2, 0.25) is 11.8 Å². The first kappa shape index (κ1) is 19.1. The zero-order valence-electron chi connectivity index (χ0n) is 12.3. The first-order chi connectivity index (χ1) is 8.95. The number of nitrogens with one attached hydrogen (secondary N) is 2. The zero-order chi connectivity index (χ0) is 14.4. The maximum Gasteiger partial charge on any atom is 0.246 e. The van der Waals surface area contributed by atoms with Crippen LogP contribution in [0.1, 0.15) is 26.7 Å². The Morgan fingerprint density at radius 2 is 1.95 bits per heavy atom. The molecular weight excluding hydrogens is 282 g/mol. The van der Waals surface area contributed by atoms with Gasteiger partial charge in [0, 0.05) is 19.7 Å². The molecule has 0 aromatic heterocycles. The van der Waals surface area contributed by atoms with Crippen molar-refractivity contribution >= 4 is 24.2 Å². The van der Waals surface area contributed by atoms with E-state index >= 15 is 0 Å². The molecule has 7 heteroatoms. The van der Waals surface area contributed by atoms with Gasteiger partial charge in [-0.15, -0.1) is 12.4 Å². The lowest BCUT2D eigenvalue weighted by Gasteiger charge is -2.22. The van der Waals surface area contributed by atoms with Crippen molar-refractivity contribution in [1.29, 1.82) is 0 Å². The first-order valence-corrected chi connectivity index (χ1v) is 6.77. The summed E-state index contributed by atoms with van der Waals surface area (Å²) in [7, 11) is 1.44. The van der Waals surface area contributed by atoms with E-state index in [0.717, 1.165) is 12.8 Å².